The van der Waals surface area contributed by atoms with Crippen molar-refractivity contribution in [3.63, 3.8) is 0 Å². The zero-order valence-electron chi connectivity index (χ0n) is 15.2. The molecule has 140 valence electrons. The predicted octanol–water partition coefficient (Wildman–Crippen LogP) is 1.82. The summed E-state index contributed by atoms with van der Waals surface area (Å²) in [4.78, 5) is 38.4. The van der Waals surface area contributed by atoms with Crippen LogP contribution in [0.4, 0.5) is 5.69 Å². The van der Waals surface area contributed by atoms with Gasteiger partial charge in [-0.05, 0) is 42.8 Å². The first kappa shape index (κ1) is 18.4. The summed E-state index contributed by atoms with van der Waals surface area (Å²) in [5.74, 6) is -0.750. The van der Waals surface area contributed by atoms with Crippen LogP contribution in [0.1, 0.15) is 22.3 Å². The number of rotatable bonds is 4. The van der Waals surface area contributed by atoms with Crippen LogP contribution in [0.3, 0.4) is 0 Å². The summed E-state index contributed by atoms with van der Waals surface area (Å²) in [6, 6.07) is 14.2. The number of nitrogens with one attached hydrogen (secondary N) is 2. The summed E-state index contributed by atoms with van der Waals surface area (Å²) in [6.07, 6.45) is 0.0953. The number of amides is 3. The number of ether oxygens (including phenoxy) is 1. The molecule has 0 bridgehead atoms. The van der Waals surface area contributed by atoms with Crippen molar-refractivity contribution in [2.45, 2.75) is 13.3 Å². The van der Waals surface area contributed by atoms with Gasteiger partial charge in [0.05, 0.1) is 13.0 Å². The van der Waals surface area contributed by atoms with Gasteiger partial charge < -0.3 is 9.64 Å². The van der Waals surface area contributed by atoms with Gasteiger partial charge in [0.1, 0.15) is 5.75 Å². The van der Waals surface area contributed by atoms with Crippen LogP contribution < -0.4 is 20.5 Å². The number of methoxy groups -OCH3 is 1. The summed E-state index contributed by atoms with van der Waals surface area (Å²) < 4.78 is 5.11. The maximum absolute atomic E-state index is 12.4. The normalized spacial score (nSPS) is 16.1. The molecule has 7 nitrogen and oxygen atoms in total. The third-order valence-electron chi connectivity index (χ3n) is 4.57. The lowest BCUT2D eigenvalue weighted by atomic mass is 10.1. The molecule has 3 amide bonds. The Hall–Kier alpha value is -3.35. The number of hydrogen-bond donors (Lipinski definition) is 2. The first-order chi connectivity index (χ1) is 13.0. The lowest BCUT2D eigenvalue weighted by Crippen LogP contribution is -2.45. The average Bonchev–Trinajstić information content (AvgIpc) is 3.08. The Bertz CT molecular complexity index is 864. The highest BCUT2D eigenvalue weighted by molar-refractivity contribution is 6.01. The fourth-order valence-electron chi connectivity index (χ4n) is 3.01. The lowest BCUT2D eigenvalue weighted by Gasteiger charge is -2.17. The Morgan fingerprint density at radius 2 is 1.78 bits per heavy atom. The van der Waals surface area contributed by atoms with E-state index in [9.17, 15) is 14.4 Å². The average molecular weight is 367 g/mol. The van der Waals surface area contributed by atoms with Gasteiger partial charge in [0.2, 0.25) is 11.8 Å². The van der Waals surface area contributed by atoms with Gasteiger partial charge in [0.15, 0.2) is 0 Å². The Labute approximate surface area is 157 Å². The molecule has 2 aromatic rings. The largest absolute Gasteiger partial charge is 0.497 e. The maximum atomic E-state index is 12.4. The Balaban J connectivity index is 1.58. The van der Waals surface area contributed by atoms with E-state index >= 15 is 0 Å². The minimum Gasteiger partial charge on any atom is -0.497 e. The topological polar surface area (TPSA) is 87.7 Å². The second-order valence-electron chi connectivity index (χ2n) is 6.36. The van der Waals surface area contributed by atoms with Crippen LogP contribution in [0, 0.1) is 12.8 Å². The number of carbonyl (C=O) groups is 3. The molecule has 1 aliphatic rings. The molecule has 2 aromatic carbocycles. The Morgan fingerprint density at radius 1 is 1.07 bits per heavy atom. The van der Waals surface area contributed by atoms with Crippen LogP contribution in [0.2, 0.25) is 0 Å². The van der Waals surface area contributed by atoms with Crippen molar-refractivity contribution in [1.29, 1.82) is 0 Å². The minimum atomic E-state index is -0.531. The van der Waals surface area contributed by atoms with Gasteiger partial charge in [-0.15, -0.1) is 0 Å². The van der Waals surface area contributed by atoms with Gasteiger partial charge in [-0.3, -0.25) is 25.2 Å². The quantitative estimate of drug-likeness (QED) is 0.807. The highest BCUT2D eigenvalue weighted by Crippen LogP contribution is 2.26. The van der Waals surface area contributed by atoms with Crippen molar-refractivity contribution in [2.75, 3.05) is 18.6 Å². The molecule has 2 N–H and O–H groups in total. The Morgan fingerprint density at radius 3 is 2.44 bits per heavy atom. The molecule has 0 unspecified atom stereocenters. The van der Waals surface area contributed by atoms with Gasteiger partial charge in [0, 0.05) is 24.2 Å². The molecule has 0 radical (unpaired) electrons. The summed E-state index contributed by atoms with van der Waals surface area (Å²) >= 11 is 0. The zero-order chi connectivity index (χ0) is 19.4. The lowest BCUT2D eigenvalue weighted by molar-refractivity contribution is -0.126. The van der Waals surface area contributed by atoms with Crippen LogP contribution >= 0.6 is 0 Å². The smallest absolute Gasteiger partial charge is 0.269 e. The van der Waals surface area contributed by atoms with Crippen molar-refractivity contribution in [2.24, 2.45) is 5.92 Å². The van der Waals surface area contributed by atoms with Gasteiger partial charge in [-0.25, -0.2) is 0 Å². The fraction of sp³-hybridized carbons (Fsp3) is 0.250. The molecule has 1 heterocycles. The van der Waals surface area contributed by atoms with Gasteiger partial charge >= 0.3 is 0 Å². The van der Waals surface area contributed by atoms with E-state index in [2.05, 4.69) is 10.9 Å². The van der Waals surface area contributed by atoms with E-state index in [1.165, 1.54) is 0 Å². The molecule has 1 saturated heterocycles. The number of hydrogen-bond acceptors (Lipinski definition) is 4. The third kappa shape index (κ3) is 4.08. The standard InChI is InChI=1S/C20H21N3O4/c1-13-5-3-4-6-17(13)20(26)22-21-19(25)14-11-18(24)23(12-14)15-7-9-16(27-2)10-8-15/h3-10,14H,11-12H2,1-2H3,(H,21,25)(H,22,26)/t14-/m0/s1. The van der Waals surface area contributed by atoms with E-state index in [0.717, 1.165) is 5.56 Å². The zero-order valence-corrected chi connectivity index (χ0v) is 15.2. The molecule has 0 aromatic heterocycles. The molecule has 27 heavy (non-hydrogen) atoms. The maximum Gasteiger partial charge on any atom is 0.269 e. The van der Waals surface area contributed by atoms with Gasteiger partial charge in [0.25, 0.3) is 5.91 Å². The van der Waals surface area contributed by atoms with E-state index in [1.54, 1.807) is 48.4 Å². The molecule has 0 saturated carbocycles. The molecule has 1 aliphatic heterocycles. The second kappa shape index (κ2) is 7.90. The molecular weight excluding hydrogens is 346 g/mol. The highest BCUT2D eigenvalue weighted by atomic mass is 16.5. The molecule has 0 spiro atoms. The fourth-order valence-corrected chi connectivity index (χ4v) is 3.01. The first-order valence-corrected chi connectivity index (χ1v) is 8.60. The first-order valence-electron chi connectivity index (χ1n) is 8.60. The van der Waals surface area contributed by atoms with E-state index in [0.29, 0.717) is 17.0 Å². The summed E-state index contributed by atoms with van der Waals surface area (Å²) in [5.41, 5.74) is 6.85. The molecule has 0 aliphatic carbocycles. The van der Waals surface area contributed by atoms with Crippen LogP contribution in [0.25, 0.3) is 0 Å². The molecule has 7 heteroatoms. The molecule has 1 fully saturated rings. The van der Waals surface area contributed by atoms with Crippen LogP contribution in [-0.4, -0.2) is 31.4 Å². The van der Waals surface area contributed by atoms with E-state index in [4.69, 9.17) is 4.74 Å². The number of nitrogens with zero attached hydrogens (tertiary/aromatic N) is 1. The third-order valence-corrected chi connectivity index (χ3v) is 4.57. The summed E-state index contributed by atoms with van der Waals surface area (Å²) in [5, 5.41) is 0. The summed E-state index contributed by atoms with van der Waals surface area (Å²) in [6.45, 7) is 2.08. The number of anilines is 1. The van der Waals surface area contributed by atoms with Crippen molar-refractivity contribution in [3.05, 3.63) is 59.7 Å². The molecule has 1 atom stereocenters. The van der Waals surface area contributed by atoms with E-state index < -0.39 is 11.8 Å². The van der Waals surface area contributed by atoms with Crippen LogP contribution in [0.15, 0.2) is 48.5 Å². The molecule has 3 rings (SSSR count). The molecular formula is C20H21N3O4. The van der Waals surface area contributed by atoms with Gasteiger partial charge in [-0.1, -0.05) is 18.2 Å². The minimum absolute atomic E-state index is 0.0953. The van der Waals surface area contributed by atoms with E-state index in [-0.39, 0.29) is 24.8 Å². The SMILES string of the molecule is COc1ccc(N2C[C@@H](C(=O)NNC(=O)c3ccccc3C)CC2=O)cc1. The van der Waals surface area contributed by atoms with Crippen molar-refractivity contribution in [1.82, 2.24) is 10.9 Å². The number of carbonyl (C=O) groups excluding carboxylic acids is 3. The van der Waals surface area contributed by atoms with E-state index in [1.807, 2.05) is 19.1 Å². The van der Waals surface area contributed by atoms with Crippen molar-refractivity contribution >= 4 is 23.4 Å². The second-order valence-corrected chi connectivity index (χ2v) is 6.36. The highest BCUT2D eigenvalue weighted by Gasteiger charge is 2.35. The van der Waals surface area contributed by atoms with Crippen molar-refractivity contribution in [3.8, 4) is 5.75 Å². The summed E-state index contributed by atoms with van der Waals surface area (Å²) in [7, 11) is 1.57. The number of aryl methyl sites for hydroxylation is 1. The monoisotopic (exact) mass is 367 g/mol. The van der Waals surface area contributed by atoms with Crippen LogP contribution in [0.5, 0.6) is 5.75 Å². The number of benzene rings is 2. The van der Waals surface area contributed by atoms with Crippen molar-refractivity contribution < 1.29 is 19.1 Å². The Kier molecular flexibility index (Phi) is 5.40. The number of hydrazine groups is 1. The van der Waals surface area contributed by atoms with Crippen LogP contribution in [-0.2, 0) is 9.59 Å². The predicted molar refractivity (Wildman–Crippen MR) is 100 cm³/mol. The van der Waals surface area contributed by atoms with Gasteiger partial charge in [-0.2, -0.15) is 0 Å².